The fraction of sp³-hybridized carbons (Fsp3) is 0.0625. The summed E-state index contributed by atoms with van der Waals surface area (Å²) < 4.78 is 12.8. The van der Waals surface area contributed by atoms with Crippen molar-refractivity contribution in [3.05, 3.63) is 71.0 Å². The van der Waals surface area contributed by atoms with Crippen molar-refractivity contribution in [1.82, 2.24) is 0 Å². The maximum Gasteiger partial charge on any atom is 0.189 e. The molecule has 2 rings (SSSR count). The van der Waals surface area contributed by atoms with E-state index in [1.807, 2.05) is 31.2 Å². The average Bonchev–Trinajstić information content (AvgIpc) is 2.37. The van der Waals surface area contributed by atoms with Crippen LogP contribution in [0.4, 0.5) is 4.39 Å². The molecule has 3 heteroatoms. The number of phenolic OH excluding ortho intramolecular Hbond substituents is 1. The number of aromatic hydroxyl groups is 1. The summed E-state index contributed by atoms with van der Waals surface area (Å²) in [5.74, 6) is -1.28. The predicted octanol–water partition coefficient (Wildman–Crippen LogP) is 3.74. The Morgan fingerprint density at radius 1 is 1.16 bits per heavy atom. The molecule has 0 bridgehead atoms. The molecule has 0 unspecified atom stereocenters. The lowest BCUT2D eigenvalue weighted by atomic mass is 10.1. The van der Waals surface area contributed by atoms with Gasteiger partial charge < -0.3 is 5.11 Å². The quantitative estimate of drug-likeness (QED) is 0.671. The van der Waals surface area contributed by atoms with Gasteiger partial charge >= 0.3 is 0 Å². The first-order valence-corrected chi connectivity index (χ1v) is 5.84. The van der Waals surface area contributed by atoms with Crippen molar-refractivity contribution < 1.29 is 14.3 Å². The van der Waals surface area contributed by atoms with Crippen molar-refractivity contribution >= 4 is 11.9 Å². The predicted molar refractivity (Wildman–Crippen MR) is 72.6 cm³/mol. The van der Waals surface area contributed by atoms with E-state index in [9.17, 15) is 14.3 Å². The Kier molecular flexibility index (Phi) is 3.76. The number of carbonyl (C=O) groups is 1. The zero-order valence-corrected chi connectivity index (χ0v) is 10.4. The molecule has 96 valence electrons. The number of halogens is 1. The van der Waals surface area contributed by atoms with Crippen molar-refractivity contribution in [3.63, 3.8) is 0 Å². The molecule has 2 aromatic rings. The Morgan fingerprint density at radius 3 is 2.47 bits per heavy atom. The Hall–Kier alpha value is -2.42. The number of hydrogen-bond donors (Lipinski definition) is 1. The number of allylic oxidation sites excluding steroid dienone is 1. The first-order valence-electron chi connectivity index (χ1n) is 5.84. The van der Waals surface area contributed by atoms with Gasteiger partial charge in [-0.2, -0.15) is 0 Å². The number of phenols is 1. The third-order valence-corrected chi connectivity index (χ3v) is 2.73. The van der Waals surface area contributed by atoms with Crippen molar-refractivity contribution in [1.29, 1.82) is 0 Å². The van der Waals surface area contributed by atoms with Crippen LogP contribution in [0.5, 0.6) is 5.75 Å². The molecular formula is C16H13FO2. The summed E-state index contributed by atoms with van der Waals surface area (Å²) in [6.07, 6.45) is 3.02. The molecule has 0 heterocycles. The van der Waals surface area contributed by atoms with Crippen molar-refractivity contribution in [2.45, 2.75) is 6.92 Å². The van der Waals surface area contributed by atoms with E-state index in [2.05, 4.69) is 0 Å². The van der Waals surface area contributed by atoms with Crippen LogP contribution < -0.4 is 0 Å². The Balaban J connectivity index is 2.18. The number of rotatable bonds is 3. The molecule has 0 atom stereocenters. The topological polar surface area (TPSA) is 37.3 Å². The van der Waals surface area contributed by atoms with Crippen molar-refractivity contribution in [2.75, 3.05) is 0 Å². The van der Waals surface area contributed by atoms with E-state index >= 15 is 0 Å². The third kappa shape index (κ3) is 3.28. The van der Waals surface area contributed by atoms with Crippen LogP contribution >= 0.6 is 0 Å². The zero-order valence-electron chi connectivity index (χ0n) is 10.4. The summed E-state index contributed by atoms with van der Waals surface area (Å²) in [5, 5.41) is 9.50. The molecule has 0 radical (unpaired) electrons. The van der Waals surface area contributed by atoms with Gasteiger partial charge in [-0.3, -0.25) is 4.79 Å². The number of hydrogen-bond acceptors (Lipinski definition) is 2. The molecule has 0 saturated heterocycles. The number of aryl methyl sites for hydroxylation is 1. The second kappa shape index (κ2) is 5.48. The van der Waals surface area contributed by atoms with Gasteiger partial charge in [-0.15, -0.1) is 0 Å². The van der Waals surface area contributed by atoms with Gasteiger partial charge in [0.1, 0.15) is 11.6 Å². The van der Waals surface area contributed by atoms with Crippen LogP contribution in [0.1, 0.15) is 21.5 Å². The maximum atomic E-state index is 12.8. The van der Waals surface area contributed by atoms with Gasteiger partial charge in [-0.25, -0.2) is 4.39 Å². The monoisotopic (exact) mass is 256 g/mol. The highest BCUT2D eigenvalue weighted by atomic mass is 19.1. The molecule has 0 aliphatic carbocycles. The lowest BCUT2D eigenvalue weighted by Crippen LogP contribution is -1.95. The first kappa shape index (κ1) is 13.0. The fourth-order valence-electron chi connectivity index (χ4n) is 1.65. The zero-order chi connectivity index (χ0) is 13.8. The molecule has 0 saturated carbocycles. The molecule has 0 fully saturated rings. The van der Waals surface area contributed by atoms with Crippen LogP contribution in [-0.2, 0) is 0 Å². The van der Waals surface area contributed by atoms with E-state index < -0.39 is 5.82 Å². The lowest BCUT2D eigenvalue weighted by Gasteiger charge is -2.00. The molecule has 2 aromatic carbocycles. The largest absolute Gasteiger partial charge is 0.507 e. The molecule has 19 heavy (non-hydrogen) atoms. The number of benzene rings is 2. The highest BCUT2D eigenvalue weighted by Crippen LogP contribution is 2.19. The maximum absolute atomic E-state index is 12.8. The van der Waals surface area contributed by atoms with E-state index in [4.69, 9.17) is 0 Å². The molecular weight excluding hydrogens is 243 g/mol. The van der Waals surface area contributed by atoms with E-state index in [0.29, 0.717) is 0 Å². The minimum atomic E-state index is -0.573. The van der Waals surface area contributed by atoms with Gasteiger partial charge in [-0.05, 0) is 30.7 Å². The van der Waals surface area contributed by atoms with Gasteiger partial charge in [0.25, 0.3) is 0 Å². The molecule has 0 amide bonds. The molecule has 0 aliphatic rings. The standard InChI is InChI=1S/C16H13FO2/c1-11-2-4-12(5-3-11)6-9-15(18)14-8-7-13(17)10-16(14)19/h2-10,19H,1H3/b9-6+. The molecule has 0 aliphatic heterocycles. The summed E-state index contributed by atoms with van der Waals surface area (Å²) in [4.78, 5) is 11.8. The highest BCUT2D eigenvalue weighted by molar-refractivity contribution is 6.08. The van der Waals surface area contributed by atoms with E-state index in [1.54, 1.807) is 6.08 Å². The summed E-state index contributed by atoms with van der Waals surface area (Å²) in [6, 6.07) is 11.0. The van der Waals surface area contributed by atoms with Crippen LogP contribution in [0.25, 0.3) is 6.08 Å². The second-order valence-corrected chi connectivity index (χ2v) is 4.27. The van der Waals surface area contributed by atoms with Crippen LogP contribution in [0.3, 0.4) is 0 Å². The normalized spacial score (nSPS) is 10.8. The van der Waals surface area contributed by atoms with Gasteiger partial charge in [0, 0.05) is 6.07 Å². The summed E-state index contributed by atoms with van der Waals surface area (Å²) >= 11 is 0. The summed E-state index contributed by atoms with van der Waals surface area (Å²) in [6.45, 7) is 1.98. The number of carbonyl (C=O) groups excluding carboxylic acids is 1. The molecule has 0 aromatic heterocycles. The minimum Gasteiger partial charge on any atom is -0.507 e. The van der Waals surface area contributed by atoms with Gasteiger partial charge in [0.2, 0.25) is 0 Å². The Labute approximate surface area is 110 Å². The lowest BCUT2D eigenvalue weighted by molar-refractivity contribution is 0.104. The second-order valence-electron chi connectivity index (χ2n) is 4.27. The minimum absolute atomic E-state index is 0.0877. The van der Waals surface area contributed by atoms with Crippen LogP contribution in [0, 0.1) is 12.7 Å². The fourth-order valence-corrected chi connectivity index (χ4v) is 1.65. The summed E-state index contributed by atoms with van der Waals surface area (Å²) in [5.41, 5.74) is 2.12. The van der Waals surface area contributed by atoms with Gasteiger partial charge in [0.15, 0.2) is 5.78 Å². The van der Waals surface area contributed by atoms with E-state index in [1.165, 1.54) is 12.1 Å². The van der Waals surface area contributed by atoms with Crippen molar-refractivity contribution in [2.24, 2.45) is 0 Å². The molecule has 1 N–H and O–H groups in total. The Bertz CT molecular complexity index is 628. The Morgan fingerprint density at radius 2 is 1.84 bits per heavy atom. The van der Waals surface area contributed by atoms with Crippen LogP contribution in [0.15, 0.2) is 48.5 Å². The highest BCUT2D eigenvalue weighted by Gasteiger charge is 2.08. The van der Waals surface area contributed by atoms with Gasteiger partial charge in [-0.1, -0.05) is 35.9 Å². The van der Waals surface area contributed by atoms with Gasteiger partial charge in [0.05, 0.1) is 5.56 Å². The van der Waals surface area contributed by atoms with Crippen molar-refractivity contribution in [3.8, 4) is 5.75 Å². The third-order valence-electron chi connectivity index (χ3n) is 2.73. The average molecular weight is 256 g/mol. The SMILES string of the molecule is Cc1ccc(/C=C/C(=O)c2ccc(F)cc2O)cc1. The first-order chi connectivity index (χ1) is 9.06. The van der Waals surface area contributed by atoms with Crippen LogP contribution in [-0.4, -0.2) is 10.9 Å². The van der Waals surface area contributed by atoms with E-state index in [0.717, 1.165) is 23.3 Å². The molecule has 0 spiro atoms. The van der Waals surface area contributed by atoms with E-state index in [-0.39, 0.29) is 17.1 Å². The molecule has 2 nitrogen and oxygen atoms in total. The number of ketones is 1. The smallest absolute Gasteiger partial charge is 0.189 e. The summed E-state index contributed by atoms with van der Waals surface area (Å²) in [7, 11) is 0. The van der Waals surface area contributed by atoms with Crippen LogP contribution in [0.2, 0.25) is 0 Å².